The van der Waals surface area contributed by atoms with Gasteiger partial charge in [0.15, 0.2) is 5.58 Å². The second kappa shape index (κ2) is 5.26. The van der Waals surface area contributed by atoms with Crippen LogP contribution in [0.2, 0.25) is 0 Å². The van der Waals surface area contributed by atoms with Crippen molar-refractivity contribution < 1.29 is 19.4 Å². The number of hydrogen-bond acceptors (Lipinski definition) is 8. The standard InChI is InChI=1S/C13H8N4O6/c18-11-6-8(17(21)22)1-3-9(11)14-13-15-10-5-7(16(19)20)2-4-12(10)23-13/h1-6,18H,(H,14,15). The first-order valence-corrected chi connectivity index (χ1v) is 6.23. The van der Waals surface area contributed by atoms with Gasteiger partial charge in [0.05, 0.1) is 21.6 Å². The summed E-state index contributed by atoms with van der Waals surface area (Å²) >= 11 is 0. The Morgan fingerprint density at radius 2 is 1.70 bits per heavy atom. The first-order valence-electron chi connectivity index (χ1n) is 6.23. The molecule has 0 aliphatic heterocycles. The molecule has 23 heavy (non-hydrogen) atoms. The number of rotatable bonds is 4. The first-order chi connectivity index (χ1) is 10.9. The maximum atomic E-state index is 10.7. The van der Waals surface area contributed by atoms with Gasteiger partial charge < -0.3 is 14.8 Å². The Hall–Kier alpha value is -3.69. The monoisotopic (exact) mass is 316 g/mol. The van der Waals surface area contributed by atoms with Crippen molar-refractivity contribution in [1.82, 2.24) is 4.98 Å². The van der Waals surface area contributed by atoms with Gasteiger partial charge in [-0.1, -0.05) is 0 Å². The highest BCUT2D eigenvalue weighted by Crippen LogP contribution is 2.31. The molecule has 0 amide bonds. The lowest BCUT2D eigenvalue weighted by atomic mass is 10.2. The second-order valence-electron chi connectivity index (χ2n) is 4.51. The van der Waals surface area contributed by atoms with Crippen LogP contribution in [0.5, 0.6) is 5.75 Å². The van der Waals surface area contributed by atoms with E-state index in [0.29, 0.717) is 5.58 Å². The normalized spacial score (nSPS) is 10.6. The van der Waals surface area contributed by atoms with Crippen LogP contribution in [0.15, 0.2) is 40.8 Å². The van der Waals surface area contributed by atoms with Crippen molar-refractivity contribution in [2.24, 2.45) is 0 Å². The number of phenolic OH excluding ortho intramolecular Hbond substituents is 1. The number of hydrogen-bond donors (Lipinski definition) is 2. The van der Waals surface area contributed by atoms with Gasteiger partial charge in [0.25, 0.3) is 17.4 Å². The van der Waals surface area contributed by atoms with Crippen molar-refractivity contribution in [3.05, 3.63) is 56.6 Å². The van der Waals surface area contributed by atoms with Crippen molar-refractivity contribution in [2.75, 3.05) is 5.32 Å². The molecule has 10 nitrogen and oxygen atoms in total. The molecule has 0 unspecified atom stereocenters. The fraction of sp³-hybridized carbons (Fsp3) is 0. The van der Waals surface area contributed by atoms with Gasteiger partial charge in [0, 0.05) is 18.2 Å². The minimum absolute atomic E-state index is 0.00958. The van der Waals surface area contributed by atoms with Gasteiger partial charge in [-0.15, -0.1) is 0 Å². The van der Waals surface area contributed by atoms with Crippen LogP contribution in [-0.4, -0.2) is 19.9 Å². The number of aromatic hydroxyl groups is 1. The van der Waals surface area contributed by atoms with Gasteiger partial charge in [0.2, 0.25) is 0 Å². The van der Waals surface area contributed by atoms with Gasteiger partial charge >= 0.3 is 0 Å². The molecule has 0 spiro atoms. The zero-order valence-corrected chi connectivity index (χ0v) is 11.3. The van der Waals surface area contributed by atoms with Crippen LogP contribution >= 0.6 is 0 Å². The van der Waals surface area contributed by atoms with Crippen molar-refractivity contribution in [1.29, 1.82) is 0 Å². The molecule has 0 aliphatic carbocycles. The lowest BCUT2D eigenvalue weighted by Gasteiger charge is -2.03. The Balaban J connectivity index is 1.92. The summed E-state index contributed by atoms with van der Waals surface area (Å²) in [6, 6.07) is 7.40. The van der Waals surface area contributed by atoms with E-state index in [0.717, 1.165) is 6.07 Å². The fourth-order valence-corrected chi connectivity index (χ4v) is 1.94. The highest BCUT2D eigenvalue weighted by Gasteiger charge is 2.14. The minimum atomic E-state index is -0.637. The molecule has 0 saturated carbocycles. The number of phenols is 1. The van der Waals surface area contributed by atoms with Gasteiger partial charge in [-0.05, 0) is 12.1 Å². The molecule has 1 heterocycles. The van der Waals surface area contributed by atoms with E-state index in [1.54, 1.807) is 0 Å². The smallest absolute Gasteiger partial charge is 0.300 e. The molecule has 0 bridgehead atoms. The maximum Gasteiger partial charge on any atom is 0.300 e. The number of nitrogens with zero attached hydrogens (tertiary/aromatic N) is 3. The Morgan fingerprint density at radius 1 is 1.04 bits per heavy atom. The van der Waals surface area contributed by atoms with E-state index in [4.69, 9.17) is 4.42 Å². The molecule has 10 heteroatoms. The van der Waals surface area contributed by atoms with Crippen LogP contribution in [0.25, 0.3) is 11.1 Å². The Bertz CT molecular complexity index is 935. The van der Waals surface area contributed by atoms with Gasteiger partial charge in [-0.25, -0.2) is 0 Å². The summed E-state index contributed by atoms with van der Waals surface area (Å²) in [5.74, 6) is -0.354. The molecule has 1 aromatic heterocycles. The number of nitrogens with one attached hydrogen (secondary N) is 1. The van der Waals surface area contributed by atoms with Crippen LogP contribution in [0.3, 0.4) is 0 Å². The quantitative estimate of drug-likeness (QED) is 0.424. The van der Waals surface area contributed by atoms with E-state index in [1.807, 2.05) is 0 Å². The largest absolute Gasteiger partial charge is 0.506 e. The zero-order valence-electron chi connectivity index (χ0n) is 11.3. The minimum Gasteiger partial charge on any atom is -0.506 e. The van der Waals surface area contributed by atoms with Crippen LogP contribution in [0.4, 0.5) is 23.1 Å². The average Bonchev–Trinajstić information content (AvgIpc) is 2.90. The Morgan fingerprint density at radius 3 is 2.35 bits per heavy atom. The van der Waals surface area contributed by atoms with E-state index in [2.05, 4.69) is 10.3 Å². The fourth-order valence-electron chi connectivity index (χ4n) is 1.94. The lowest BCUT2D eigenvalue weighted by molar-refractivity contribution is -0.385. The summed E-state index contributed by atoms with van der Waals surface area (Å²) in [6.07, 6.45) is 0. The molecule has 116 valence electrons. The molecule has 0 aliphatic rings. The molecule has 0 saturated heterocycles. The van der Waals surface area contributed by atoms with Crippen LogP contribution in [-0.2, 0) is 0 Å². The van der Waals surface area contributed by atoms with Gasteiger partial charge in [-0.3, -0.25) is 20.2 Å². The highest BCUT2D eigenvalue weighted by atomic mass is 16.6. The zero-order chi connectivity index (χ0) is 16.6. The summed E-state index contributed by atoms with van der Waals surface area (Å²) in [5.41, 5.74) is 0.344. The molecule has 0 radical (unpaired) electrons. The van der Waals surface area contributed by atoms with Crippen LogP contribution in [0.1, 0.15) is 0 Å². The molecule has 2 aromatic carbocycles. The van der Waals surface area contributed by atoms with Crippen molar-refractivity contribution >= 4 is 34.2 Å². The number of anilines is 2. The molecule has 0 fully saturated rings. The number of aromatic nitrogens is 1. The number of nitro benzene ring substituents is 2. The molecule has 3 rings (SSSR count). The van der Waals surface area contributed by atoms with Crippen LogP contribution < -0.4 is 5.32 Å². The highest BCUT2D eigenvalue weighted by molar-refractivity contribution is 5.78. The van der Waals surface area contributed by atoms with Crippen molar-refractivity contribution in [3.63, 3.8) is 0 Å². The number of oxazole rings is 1. The number of fused-ring (bicyclic) bond motifs is 1. The Kier molecular flexibility index (Phi) is 3.26. The average molecular weight is 316 g/mol. The van der Waals surface area contributed by atoms with E-state index < -0.39 is 9.85 Å². The second-order valence-corrected chi connectivity index (χ2v) is 4.51. The Labute approximate surface area is 127 Å². The van der Waals surface area contributed by atoms with E-state index in [1.165, 1.54) is 30.3 Å². The number of nitro groups is 2. The summed E-state index contributed by atoms with van der Waals surface area (Å²) in [4.78, 5) is 24.2. The van der Waals surface area contributed by atoms with E-state index in [-0.39, 0.29) is 34.3 Å². The van der Waals surface area contributed by atoms with Crippen molar-refractivity contribution in [2.45, 2.75) is 0 Å². The van der Waals surface area contributed by atoms with Gasteiger partial charge in [-0.2, -0.15) is 4.98 Å². The summed E-state index contributed by atoms with van der Waals surface area (Å²) < 4.78 is 5.35. The lowest BCUT2D eigenvalue weighted by Crippen LogP contribution is -1.93. The van der Waals surface area contributed by atoms with Crippen molar-refractivity contribution in [3.8, 4) is 5.75 Å². The first kappa shape index (κ1) is 14.3. The predicted molar refractivity (Wildman–Crippen MR) is 78.7 cm³/mol. The molecule has 0 atom stereocenters. The number of non-ortho nitro benzene ring substituents is 2. The number of benzene rings is 2. The van der Waals surface area contributed by atoms with E-state index in [9.17, 15) is 25.3 Å². The third-order valence-electron chi connectivity index (χ3n) is 3.02. The van der Waals surface area contributed by atoms with E-state index >= 15 is 0 Å². The third kappa shape index (κ3) is 2.72. The predicted octanol–water partition coefficient (Wildman–Crippen LogP) is 3.09. The third-order valence-corrected chi connectivity index (χ3v) is 3.02. The van der Waals surface area contributed by atoms with Gasteiger partial charge in [0.1, 0.15) is 11.3 Å². The molecule has 3 aromatic rings. The molecule has 2 N–H and O–H groups in total. The topological polar surface area (TPSA) is 145 Å². The molecular weight excluding hydrogens is 308 g/mol. The SMILES string of the molecule is O=[N+]([O-])c1ccc(Nc2nc3cc([N+](=O)[O-])ccc3o2)c(O)c1. The maximum absolute atomic E-state index is 10.7. The summed E-state index contributed by atoms with van der Waals surface area (Å²) in [7, 11) is 0. The summed E-state index contributed by atoms with van der Waals surface area (Å²) in [5, 5.41) is 33.8. The van der Waals surface area contributed by atoms with Crippen LogP contribution in [0, 0.1) is 20.2 Å². The summed E-state index contributed by atoms with van der Waals surface area (Å²) in [6.45, 7) is 0. The molecular formula is C13H8N4O6.